The second kappa shape index (κ2) is 14.9. The fraction of sp³-hybridized carbons (Fsp3) is 0. The second-order valence-corrected chi connectivity index (χ2v) is 16.7. The first kappa shape index (κ1) is 35.9. The molecule has 12 aromatic rings. The molecular weight excluding hydrogens is 773 g/mol. The molecule has 0 aliphatic carbocycles. The van der Waals surface area contributed by atoms with Gasteiger partial charge in [0, 0.05) is 53.2 Å². The Balaban J connectivity index is 1.03. The first-order valence-corrected chi connectivity index (χ1v) is 21.7. The lowest BCUT2D eigenvalue weighted by molar-refractivity contribution is 1.07. The van der Waals surface area contributed by atoms with Crippen LogP contribution in [-0.4, -0.2) is 19.5 Å². The average Bonchev–Trinajstić information content (AvgIpc) is 3.90. The van der Waals surface area contributed by atoms with Gasteiger partial charge in [0.25, 0.3) is 0 Å². The fourth-order valence-electron chi connectivity index (χ4n) is 8.92. The third-order valence-corrected chi connectivity index (χ3v) is 13.0. The van der Waals surface area contributed by atoms with Gasteiger partial charge in [-0.3, -0.25) is 0 Å². The van der Waals surface area contributed by atoms with Gasteiger partial charge < -0.3 is 4.57 Å². The summed E-state index contributed by atoms with van der Waals surface area (Å²) < 4.78 is 5.01. The van der Waals surface area contributed by atoms with Gasteiger partial charge in [0.2, 0.25) is 0 Å². The van der Waals surface area contributed by atoms with Gasteiger partial charge in [0.1, 0.15) is 0 Å². The van der Waals surface area contributed by atoms with Gasteiger partial charge in [0.15, 0.2) is 17.5 Å². The molecule has 0 spiro atoms. The highest BCUT2D eigenvalue weighted by Gasteiger charge is 2.21. The first-order valence-electron chi connectivity index (χ1n) is 20.8. The SMILES string of the molecule is c1ccc(-c2nc(-c3ccc(-c4ccc5c(c4)sc4ccccc45)cc3)nc(-c3ccc(-c4ccccc4)c(-n4c5ccccc5c5c(-c6ccccc6)cccc54)c3)n2)cc1. The topological polar surface area (TPSA) is 43.6 Å². The van der Waals surface area contributed by atoms with Crippen LogP contribution in [0, 0.1) is 0 Å². The second-order valence-electron chi connectivity index (χ2n) is 15.6. The Morgan fingerprint density at radius 3 is 1.55 bits per heavy atom. The molecule has 0 aliphatic heterocycles. The normalized spacial score (nSPS) is 11.5. The smallest absolute Gasteiger partial charge is 0.164 e. The highest BCUT2D eigenvalue weighted by Crippen LogP contribution is 2.42. The molecule has 290 valence electrons. The molecule has 9 aromatic carbocycles. The first-order chi connectivity index (χ1) is 30.7. The summed E-state index contributed by atoms with van der Waals surface area (Å²) in [6.45, 7) is 0. The van der Waals surface area contributed by atoms with E-state index in [4.69, 9.17) is 15.0 Å². The molecule has 0 bridgehead atoms. The van der Waals surface area contributed by atoms with Crippen LogP contribution in [0.5, 0.6) is 0 Å². The minimum absolute atomic E-state index is 0.611. The average molecular weight is 809 g/mol. The van der Waals surface area contributed by atoms with Crippen LogP contribution < -0.4 is 0 Å². The minimum atomic E-state index is 0.611. The summed E-state index contributed by atoms with van der Waals surface area (Å²) in [5.41, 5.74) is 13.0. The Morgan fingerprint density at radius 2 is 0.823 bits per heavy atom. The van der Waals surface area contributed by atoms with Gasteiger partial charge in [-0.25, -0.2) is 15.0 Å². The lowest BCUT2D eigenvalue weighted by atomic mass is 9.99. The molecular formula is C57H36N4S. The van der Waals surface area contributed by atoms with E-state index in [-0.39, 0.29) is 0 Å². The number of para-hydroxylation sites is 1. The van der Waals surface area contributed by atoms with Crippen molar-refractivity contribution in [3.8, 4) is 73.2 Å². The molecule has 4 nitrogen and oxygen atoms in total. The molecule has 0 aliphatic rings. The summed E-state index contributed by atoms with van der Waals surface area (Å²) in [6.07, 6.45) is 0. The highest BCUT2D eigenvalue weighted by molar-refractivity contribution is 7.25. The minimum Gasteiger partial charge on any atom is -0.309 e. The van der Waals surface area contributed by atoms with Crippen LogP contribution in [0.15, 0.2) is 218 Å². The number of aromatic nitrogens is 4. The van der Waals surface area contributed by atoms with Crippen molar-refractivity contribution in [2.75, 3.05) is 0 Å². The Hall–Kier alpha value is -7.99. The van der Waals surface area contributed by atoms with Gasteiger partial charge in [0.05, 0.1) is 16.7 Å². The fourth-order valence-corrected chi connectivity index (χ4v) is 10.1. The summed E-state index contributed by atoms with van der Waals surface area (Å²) in [4.78, 5) is 15.5. The lowest BCUT2D eigenvalue weighted by Gasteiger charge is -2.16. The Kier molecular flexibility index (Phi) is 8.65. The summed E-state index contributed by atoms with van der Waals surface area (Å²) in [5, 5.41) is 5.03. The molecule has 62 heavy (non-hydrogen) atoms. The standard InChI is InChI=1S/C57H36N4S/c1-4-15-38(16-5-1)44-33-32-43(35-51(44)61-49-24-12-10-22-48(49)54-45(23-14-25-50(54)61)39-17-6-2-7-18-39)57-59-55(40-19-8-3-9-20-40)58-56(60-57)41-29-27-37(28-30-41)42-31-34-47-46-21-11-13-26-52(46)62-53(47)36-42/h1-36H. The summed E-state index contributed by atoms with van der Waals surface area (Å²) in [7, 11) is 0. The predicted molar refractivity (Wildman–Crippen MR) is 260 cm³/mol. The Labute approximate surface area is 362 Å². The molecule has 0 radical (unpaired) electrons. The van der Waals surface area contributed by atoms with Crippen molar-refractivity contribution in [3.05, 3.63) is 218 Å². The zero-order chi connectivity index (χ0) is 41.0. The molecule has 12 rings (SSSR count). The van der Waals surface area contributed by atoms with Crippen molar-refractivity contribution in [3.63, 3.8) is 0 Å². The van der Waals surface area contributed by atoms with Crippen molar-refractivity contribution in [1.29, 1.82) is 0 Å². The number of fused-ring (bicyclic) bond motifs is 6. The summed E-state index contributed by atoms with van der Waals surface area (Å²) in [6, 6.07) is 77.5. The number of nitrogens with zero attached hydrogens (tertiary/aromatic N) is 4. The Morgan fingerprint density at radius 1 is 0.306 bits per heavy atom. The predicted octanol–water partition coefficient (Wildman–Crippen LogP) is 15.3. The number of rotatable bonds is 7. The Bertz CT molecular complexity index is 3610. The zero-order valence-corrected chi connectivity index (χ0v) is 34.3. The van der Waals surface area contributed by atoms with Crippen molar-refractivity contribution < 1.29 is 0 Å². The molecule has 0 unspecified atom stereocenters. The lowest BCUT2D eigenvalue weighted by Crippen LogP contribution is -2.02. The van der Waals surface area contributed by atoms with E-state index in [1.54, 1.807) is 0 Å². The van der Waals surface area contributed by atoms with E-state index >= 15 is 0 Å². The monoisotopic (exact) mass is 808 g/mol. The maximum Gasteiger partial charge on any atom is 0.164 e. The van der Waals surface area contributed by atoms with E-state index in [2.05, 4.69) is 205 Å². The van der Waals surface area contributed by atoms with Crippen LogP contribution in [0.1, 0.15) is 0 Å². The van der Waals surface area contributed by atoms with Gasteiger partial charge in [-0.1, -0.05) is 188 Å². The van der Waals surface area contributed by atoms with Crippen molar-refractivity contribution in [2.45, 2.75) is 0 Å². The van der Waals surface area contributed by atoms with Crippen LogP contribution in [0.25, 0.3) is 115 Å². The third-order valence-electron chi connectivity index (χ3n) is 11.9. The third kappa shape index (κ3) is 6.18. The molecule has 5 heteroatoms. The number of hydrogen-bond acceptors (Lipinski definition) is 4. The summed E-state index contributed by atoms with van der Waals surface area (Å²) >= 11 is 1.84. The van der Waals surface area contributed by atoms with E-state index in [0.29, 0.717) is 17.5 Å². The molecule has 0 N–H and O–H groups in total. The molecule has 0 saturated carbocycles. The van der Waals surface area contributed by atoms with Crippen LogP contribution in [-0.2, 0) is 0 Å². The number of hydrogen-bond donors (Lipinski definition) is 0. The molecule has 3 heterocycles. The maximum atomic E-state index is 5.24. The molecule has 3 aromatic heterocycles. The van der Waals surface area contributed by atoms with Crippen molar-refractivity contribution in [2.24, 2.45) is 0 Å². The van der Waals surface area contributed by atoms with E-state index in [1.165, 1.54) is 47.6 Å². The van der Waals surface area contributed by atoms with Crippen LogP contribution >= 0.6 is 11.3 Å². The van der Waals surface area contributed by atoms with Crippen LogP contribution in [0.3, 0.4) is 0 Å². The molecule has 0 saturated heterocycles. The van der Waals surface area contributed by atoms with Gasteiger partial charge in [-0.15, -0.1) is 11.3 Å². The van der Waals surface area contributed by atoms with Crippen molar-refractivity contribution >= 4 is 53.3 Å². The van der Waals surface area contributed by atoms with E-state index in [9.17, 15) is 0 Å². The van der Waals surface area contributed by atoms with E-state index in [0.717, 1.165) is 50.1 Å². The quantitative estimate of drug-likeness (QED) is 0.161. The van der Waals surface area contributed by atoms with Gasteiger partial charge in [-0.05, 0) is 58.1 Å². The van der Waals surface area contributed by atoms with Crippen molar-refractivity contribution in [1.82, 2.24) is 19.5 Å². The number of thiophene rings is 1. The molecule has 0 atom stereocenters. The number of benzene rings is 9. The van der Waals surface area contributed by atoms with E-state index in [1.807, 2.05) is 29.5 Å². The zero-order valence-electron chi connectivity index (χ0n) is 33.5. The largest absolute Gasteiger partial charge is 0.309 e. The molecule has 0 fully saturated rings. The van der Waals surface area contributed by atoms with Crippen LogP contribution in [0.2, 0.25) is 0 Å². The van der Waals surface area contributed by atoms with Gasteiger partial charge in [-0.2, -0.15) is 0 Å². The molecule has 0 amide bonds. The highest BCUT2D eigenvalue weighted by atomic mass is 32.1. The van der Waals surface area contributed by atoms with E-state index < -0.39 is 0 Å². The van der Waals surface area contributed by atoms with Gasteiger partial charge >= 0.3 is 0 Å². The summed E-state index contributed by atoms with van der Waals surface area (Å²) in [5.74, 6) is 1.86. The van der Waals surface area contributed by atoms with Crippen LogP contribution in [0.4, 0.5) is 0 Å². The maximum absolute atomic E-state index is 5.24.